The lowest BCUT2D eigenvalue weighted by atomic mass is 10.1. The Bertz CT molecular complexity index is 1530. The van der Waals surface area contributed by atoms with Crippen molar-refractivity contribution in [2.45, 2.75) is 25.7 Å². The van der Waals surface area contributed by atoms with Gasteiger partial charge in [0.2, 0.25) is 0 Å². The number of ether oxygens (including phenoxy) is 2. The monoisotopic (exact) mass is 592 g/mol. The molecular formula is C26H25ClN2O8S2. The van der Waals surface area contributed by atoms with Gasteiger partial charge < -0.3 is 14.8 Å². The molecule has 0 aliphatic rings. The SMILES string of the molecule is CCOC(=O)c1c(NC(=O)COC(=O)c2ccc(Cl)c(S(=O)(=O)N(C)c3ccccc3)c2)sc(C(C)=O)c1C. The standard InChI is InChI=1S/C26H25ClN2O8S2/c1-5-36-26(33)22-15(2)23(16(3)30)38-24(22)28-21(31)14-37-25(32)17-11-12-19(27)20(13-17)39(34,35)29(4)18-9-7-6-8-10-18/h6-13H,5,14H2,1-4H3,(H,28,31). The number of carbonyl (C=O) groups excluding carboxylic acids is 4. The Morgan fingerprint density at radius 2 is 1.69 bits per heavy atom. The Labute approximate surface area is 234 Å². The molecule has 13 heteroatoms. The number of Topliss-reactive ketones (excluding diaryl/α,β-unsaturated/α-hetero) is 1. The molecule has 0 atom stereocenters. The first-order valence-electron chi connectivity index (χ1n) is 11.5. The van der Waals surface area contributed by atoms with Gasteiger partial charge in [-0.15, -0.1) is 11.3 Å². The van der Waals surface area contributed by atoms with Gasteiger partial charge in [-0.25, -0.2) is 18.0 Å². The Morgan fingerprint density at radius 1 is 1.03 bits per heavy atom. The number of sulfonamides is 1. The summed E-state index contributed by atoms with van der Waals surface area (Å²) in [5.74, 6) is -2.75. The highest BCUT2D eigenvalue weighted by Gasteiger charge is 2.27. The average molecular weight is 593 g/mol. The summed E-state index contributed by atoms with van der Waals surface area (Å²) in [5.41, 5.74) is 0.651. The lowest BCUT2D eigenvalue weighted by Crippen LogP contribution is -2.27. The molecule has 1 N–H and O–H groups in total. The van der Waals surface area contributed by atoms with Crippen molar-refractivity contribution < 1.29 is 37.1 Å². The summed E-state index contributed by atoms with van der Waals surface area (Å²) in [5, 5.41) is 2.46. The maximum atomic E-state index is 13.2. The highest BCUT2D eigenvalue weighted by molar-refractivity contribution is 7.93. The number of nitrogens with one attached hydrogen (secondary N) is 1. The first-order chi connectivity index (χ1) is 18.4. The van der Waals surface area contributed by atoms with Gasteiger partial charge in [-0.2, -0.15) is 0 Å². The second-order valence-corrected chi connectivity index (χ2v) is 11.5. The van der Waals surface area contributed by atoms with E-state index in [1.165, 1.54) is 26.1 Å². The highest BCUT2D eigenvalue weighted by Crippen LogP contribution is 2.34. The lowest BCUT2D eigenvalue weighted by Gasteiger charge is -2.20. The van der Waals surface area contributed by atoms with Gasteiger partial charge >= 0.3 is 11.9 Å². The van der Waals surface area contributed by atoms with E-state index in [4.69, 9.17) is 21.1 Å². The predicted octanol–water partition coefficient (Wildman–Crippen LogP) is 4.71. The Hall–Kier alpha value is -3.74. The van der Waals surface area contributed by atoms with E-state index < -0.39 is 34.5 Å². The number of halogens is 1. The van der Waals surface area contributed by atoms with Crippen molar-refractivity contribution in [1.29, 1.82) is 0 Å². The molecule has 2 aromatic carbocycles. The number of para-hydroxylation sites is 1. The third-order valence-electron chi connectivity index (χ3n) is 5.46. The molecular weight excluding hydrogens is 568 g/mol. The molecule has 10 nitrogen and oxygen atoms in total. The molecule has 0 spiro atoms. The molecule has 0 saturated carbocycles. The highest BCUT2D eigenvalue weighted by atomic mass is 35.5. The van der Waals surface area contributed by atoms with Crippen LogP contribution in [0.5, 0.6) is 0 Å². The molecule has 0 unspecified atom stereocenters. The minimum atomic E-state index is -4.13. The second kappa shape index (κ2) is 12.4. The number of hydrogen-bond acceptors (Lipinski definition) is 9. The number of esters is 2. The van der Waals surface area contributed by atoms with Crippen LogP contribution in [-0.4, -0.2) is 52.3 Å². The van der Waals surface area contributed by atoms with Gasteiger partial charge in [0.15, 0.2) is 12.4 Å². The van der Waals surface area contributed by atoms with Crippen LogP contribution in [0, 0.1) is 6.92 Å². The van der Waals surface area contributed by atoms with E-state index in [2.05, 4.69) is 5.32 Å². The van der Waals surface area contributed by atoms with Crippen LogP contribution in [0.25, 0.3) is 0 Å². The zero-order chi connectivity index (χ0) is 28.9. The van der Waals surface area contributed by atoms with Gasteiger partial charge in [-0.05, 0) is 56.7 Å². The van der Waals surface area contributed by atoms with Crippen molar-refractivity contribution in [2.24, 2.45) is 0 Å². The van der Waals surface area contributed by atoms with Gasteiger partial charge in [-0.1, -0.05) is 29.8 Å². The molecule has 3 aromatic rings. The maximum Gasteiger partial charge on any atom is 0.341 e. The van der Waals surface area contributed by atoms with Gasteiger partial charge in [0, 0.05) is 7.05 Å². The fourth-order valence-corrected chi connectivity index (χ4v) is 6.32. The molecule has 0 fully saturated rings. The number of rotatable bonds is 10. The van der Waals surface area contributed by atoms with Crippen molar-refractivity contribution in [3.63, 3.8) is 0 Å². The van der Waals surface area contributed by atoms with E-state index in [1.54, 1.807) is 44.2 Å². The van der Waals surface area contributed by atoms with Gasteiger partial charge in [0.1, 0.15) is 9.90 Å². The number of benzene rings is 2. The number of hydrogen-bond donors (Lipinski definition) is 1. The summed E-state index contributed by atoms with van der Waals surface area (Å²) in [6.07, 6.45) is 0. The van der Waals surface area contributed by atoms with Crippen molar-refractivity contribution in [3.8, 4) is 0 Å². The summed E-state index contributed by atoms with van der Waals surface area (Å²) in [6.45, 7) is 3.86. The van der Waals surface area contributed by atoms with Crippen LogP contribution in [0.1, 0.15) is 49.8 Å². The average Bonchev–Trinajstić information content (AvgIpc) is 3.23. The van der Waals surface area contributed by atoms with Crippen LogP contribution in [0.4, 0.5) is 10.7 Å². The summed E-state index contributed by atoms with van der Waals surface area (Å²) >= 11 is 7.06. The second-order valence-electron chi connectivity index (χ2n) is 8.11. The lowest BCUT2D eigenvalue weighted by molar-refractivity contribution is -0.119. The van der Waals surface area contributed by atoms with Crippen molar-refractivity contribution in [3.05, 3.63) is 75.1 Å². The van der Waals surface area contributed by atoms with E-state index >= 15 is 0 Å². The smallest absolute Gasteiger partial charge is 0.341 e. The molecule has 206 valence electrons. The first-order valence-corrected chi connectivity index (χ1v) is 14.1. The molecule has 0 bridgehead atoms. The zero-order valence-corrected chi connectivity index (χ0v) is 23.8. The van der Waals surface area contributed by atoms with Gasteiger partial charge in [0.25, 0.3) is 15.9 Å². The Morgan fingerprint density at radius 3 is 2.31 bits per heavy atom. The fourth-order valence-electron chi connectivity index (χ4n) is 3.52. The molecule has 39 heavy (non-hydrogen) atoms. The zero-order valence-electron chi connectivity index (χ0n) is 21.4. The van der Waals surface area contributed by atoms with Crippen LogP contribution in [0.3, 0.4) is 0 Å². The Kier molecular flexibility index (Phi) is 9.49. The van der Waals surface area contributed by atoms with Crippen molar-refractivity contribution >= 4 is 67.3 Å². The molecule has 1 heterocycles. The number of amides is 1. The van der Waals surface area contributed by atoms with E-state index in [1.807, 2.05) is 0 Å². The van der Waals surface area contributed by atoms with Crippen LogP contribution in [0.15, 0.2) is 53.4 Å². The summed E-state index contributed by atoms with van der Waals surface area (Å²) in [4.78, 5) is 49.5. The van der Waals surface area contributed by atoms with Crippen molar-refractivity contribution in [2.75, 3.05) is 29.9 Å². The minimum absolute atomic E-state index is 0.0433. The maximum absolute atomic E-state index is 13.2. The van der Waals surface area contributed by atoms with E-state index in [-0.39, 0.29) is 43.3 Å². The molecule has 0 radical (unpaired) electrons. The van der Waals surface area contributed by atoms with Crippen LogP contribution in [0.2, 0.25) is 5.02 Å². The minimum Gasteiger partial charge on any atom is -0.462 e. The number of ketones is 1. The molecule has 1 amide bonds. The number of anilines is 2. The molecule has 0 aliphatic heterocycles. The predicted molar refractivity (Wildman–Crippen MR) is 147 cm³/mol. The van der Waals surface area contributed by atoms with Gasteiger partial charge in [-0.3, -0.25) is 13.9 Å². The quantitative estimate of drug-likeness (QED) is 0.264. The molecule has 0 aliphatic carbocycles. The molecule has 0 saturated heterocycles. The normalized spacial score (nSPS) is 11.0. The Balaban J connectivity index is 1.76. The van der Waals surface area contributed by atoms with Crippen LogP contribution >= 0.6 is 22.9 Å². The first kappa shape index (κ1) is 29.8. The summed E-state index contributed by atoms with van der Waals surface area (Å²) in [7, 11) is -2.78. The molecule has 3 rings (SSSR count). The largest absolute Gasteiger partial charge is 0.462 e. The van der Waals surface area contributed by atoms with Crippen molar-refractivity contribution in [1.82, 2.24) is 0 Å². The van der Waals surface area contributed by atoms with Gasteiger partial charge in [0.05, 0.1) is 33.3 Å². The molecule has 1 aromatic heterocycles. The van der Waals surface area contributed by atoms with E-state index in [0.717, 1.165) is 21.7 Å². The summed E-state index contributed by atoms with van der Waals surface area (Å²) in [6, 6.07) is 11.9. The van der Waals surface area contributed by atoms with E-state index in [0.29, 0.717) is 11.3 Å². The van der Waals surface area contributed by atoms with E-state index in [9.17, 15) is 27.6 Å². The number of thiophene rings is 1. The third kappa shape index (κ3) is 6.64. The number of carbonyl (C=O) groups is 4. The summed E-state index contributed by atoms with van der Waals surface area (Å²) < 4.78 is 37.5. The van der Waals surface area contributed by atoms with Crippen LogP contribution in [-0.2, 0) is 24.3 Å². The number of nitrogens with zero attached hydrogens (tertiary/aromatic N) is 1. The van der Waals surface area contributed by atoms with Crippen LogP contribution < -0.4 is 9.62 Å². The topological polar surface area (TPSA) is 136 Å². The fraction of sp³-hybridized carbons (Fsp3) is 0.231. The third-order valence-corrected chi connectivity index (χ3v) is 9.03.